The van der Waals surface area contributed by atoms with Gasteiger partial charge in [-0.2, -0.15) is 0 Å². The molecular formula is C17H21NO2. The maximum Gasteiger partial charge on any atom is 0.224 e. The number of hydrogen-bond acceptors (Lipinski definition) is 3. The summed E-state index contributed by atoms with van der Waals surface area (Å²) >= 11 is 0. The second-order valence-electron chi connectivity index (χ2n) is 5.98. The van der Waals surface area contributed by atoms with Crippen LogP contribution in [-0.4, -0.2) is 10.1 Å². The first kappa shape index (κ1) is 14.5. The highest BCUT2D eigenvalue weighted by atomic mass is 16.5. The smallest absolute Gasteiger partial charge is 0.224 e. The van der Waals surface area contributed by atoms with Crippen LogP contribution in [0.25, 0.3) is 0 Å². The molecule has 0 bridgehead atoms. The number of aliphatic hydroxyl groups is 1. The van der Waals surface area contributed by atoms with Crippen molar-refractivity contribution in [1.29, 1.82) is 0 Å². The Hall–Kier alpha value is -1.87. The highest BCUT2D eigenvalue weighted by Crippen LogP contribution is 2.35. The van der Waals surface area contributed by atoms with E-state index in [1.54, 1.807) is 12.3 Å². The van der Waals surface area contributed by atoms with Crippen molar-refractivity contribution >= 4 is 0 Å². The van der Waals surface area contributed by atoms with Crippen LogP contribution in [0.2, 0.25) is 0 Å². The van der Waals surface area contributed by atoms with E-state index in [4.69, 9.17) is 4.74 Å². The molecule has 0 atom stereocenters. The molecule has 0 fully saturated rings. The van der Waals surface area contributed by atoms with Gasteiger partial charge in [-0.05, 0) is 30.5 Å². The first-order valence-electron chi connectivity index (χ1n) is 6.75. The molecule has 1 aromatic heterocycles. The molecule has 0 aliphatic rings. The molecule has 3 heteroatoms. The first-order valence-corrected chi connectivity index (χ1v) is 6.75. The Balaban J connectivity index is 2.44. The van der Waals surface area contributed by atoms with E-state index in [1.807, 2.05) is 18.2 Å². The van der Waals surface area contributed by atoms with Crippen molar-refractivity contribution < 1.29 is 9.84 Å². The molecule has 2 aromatic rings. The number of aryl methyl sites for hydroxylation is 1. The number of hydrogen-bond donors (Lipinski definition) is 1. The van der Waals surface area contributed by atoms with Crippen LogP contribution in [0.5, 0.6) is 11.6 Å². The Kier molecular flexibility index (Phi) is 4.09. The third-order valence-corrected chi connectivity index (χ3v) is 3.17. The van der Waals surface area contributed by atoms with Crippen LogP contribution in [-0.2, 0) is 12.0 Å². The van der Waals surface area contributed by atoms with Crippen LogP contribution in [0.1, 0.15) is 37.5 Å². The van der Waals surface area contributed by atoms with Crippen LogP contribution in [0.3, 0.4) is 0 Å². The van der Waals surface area contributed by atoms with Crippen molar-refractivity contribution in [2.75, 3.05) is 0 Å². The van der Waals surface area contributed by atoms with Gasteiger partial charge in [-0.15, -0.1) is 0 Å². The number of aliphatic hydroxyl groups excluding tert-OH is 1. The van der Waals surface area contributed by atoms with Gasteiger partial charge in [0.05, 0.1) is 6.61 Å². The summed E-state index contributed by atoms with van der Waals surface area (Å²) < 4.78 is 5.94. The van der Waals surface area contributed by atoms with Gasteiger partial charge < -0.3 is 9.84 Å². The summed E-state index contributed by atoms with van der Waals surface area (Å²) in [5.41, 5.74) is 3.00. The normalized spacial score (nSPS) is 11.4. The zero-order valence-corrected chi connectivity index (χ0v) is 12.5. The van der Waals surface area contributed by atoms with E-state index in [-0.39, 0.29) is 12.0 Å². The second kappa shape index (κ2) is 5.63. The molecule has 0 spiro atoms. The zero-order chi connectivity index (χ0) is 14.8. The van der Waals surface area contributed by atoms with Crippen LogP contribution >= 0.6 is 0 Å². The van der Waals surface area contributed by atoms with Crippen LogP contribution in [0.15, 0.2) is 36.5 Å². The summed E-state index contributed by atoms with van der Waals surface area (Å²) in [4.78, 5) is 4.21. The largest absolute Gasteiger partial charge is 0.438 e. The number of nitrogens with zero attached hydrogens (tertiary/aromatic N) is 1. The lowest BCUT2D eigenvalue weighted by atomic mass is 9.85. The molecule has 1 aromatic carbocycles. The molecule has 3 nitrogen and oxygen atoms in total. The molecule has 2 rings (SSSR count). The van der Waals surface area contributed by atoms with Crippen molar-refractivity contribution in [3.8, 4) is 11.6 Å². The summed E-state index contributed by atoms with van der Waals surface area (Å²) in [5, 5.41) is 9.35. The lowest BCUT2D eigenvalue weighted by Gasteiger charge is -2.23. The van der Waals surface area contributed by atoms with Crippen molar-refractivity contribution in [2.24, 2.45) is 0 Å². The summed E-state index contributed by atoms with van der Waals surface area (Å²) in [7, 11) is 0. The van der Waals surface area contributed by atoms with E-state index in [0.717, 1.165) is 11.3 Å². The predicted molar refractivity (Wildman–Crippen MR) is 80.1 cm³/mol. The molecule has 0 saturated carbocycles. The Morgan fingerprint density at radius 1 is 1.20 bits per heavy atom. The zero-order valence-electron chi connectivity index (χ0n) is 12.5. The van der Waals surface area contributed by atoms with Gasteiger partial charge >= 0.3 is 0 Å². The molecular weight excluding hydrogens is 250 g/mol. The average molecular weight is 271 g/mol. The molecule has 0 amide bonds. The van der Waals surface area contributed by atoms with E-state index in [1.165, 1.54) is 5.56 Å². The van der Waals surface area contributed by atoms with E-state index in [9.17, 15) is 5.11 Å². The molecule has 0 aliphatic carbocycles. The van der Waals surface area contributed by atoms with Gasteiger partial charge in [0.25, 0.3) is 0 Å². The number of ether oxygens (including phenoxy) is 1. The second-order valence-corrected chi connectivity index (χ2v) is 5.98. The van der Waals surface area contributed by atoms with Crippen molar-refractivity contribution in [2.45, 2.75) is 39.7 Å². The van der Waals surface area contributed by atoms with Crippen molar-refractivity contribution in [3.05, 3.63) is 53.2 Å². The number of benzene rings is 1. The van der Waals surface area contributed by atoms with E-state index in [2.05, 4.69) is 38.7 Å². The average Bonchev–Trinajstić information content (AvgIpc) is 2.40. The van der Waals surface area contributed by atoms with Crippen LogP contribution in [0.4, 0.5) is 0 Å². The quantitative estimate of drug-likeness (QED) is 0.918. The van der Waals surface area contributed by atoms with Crippen molar-refractivity contribution in [1.82, 2.24) is 4.98 Å². The molecule has 1 N–H and O–H groups in total. The van der Waals surface area contributed by atoms with Gasteiger partial charge in [0.15, 0.2) is 0 Å². The van der Waals surface area contributed by atoms with Gasteiger partial charge in [-0.25, -0.2) is 4.98 Å². The molecule has 1 heterocycles. The Bertz CT molecular complexity index is 600. The third-order valence-electron chi connectivity index (χ3n) is 3.17. The number of rotatable bonds is 3. The fourth-order valence-electron chi connectivity index (χ4n) is 2.06. The van der Waals surface area contributed by atoms with Gasteiger partial charge in [-0.1, -0.05) is 38.5 Å². The van der Waals surface area contributed by atoms with Gasteiger partial charge in [0.2, 0.25) is 5.88 Å². The monoisotopic (exact) mass is 271 g/mol. The maximum atomic E-state index is 9.35. The third kappa shape index (κ3) is 3.17. The van der Waals surface area contributed by atoms with Crippen LogP contribution in [0, 0.1) is 6.92 Å². The first-order chi connectivity index (χ1) is 9.41. The molecule has 0 aliphatic heterocycles. The van der Waals surface area contributed by atoms with Gasteiger partial charge in [-0.3, -0.25) is 0 Å². The van der Waals surface area contributed by atoms with E-state index in [0.29, 0.717) is 11.4 Å². The summed E-state index contributed by atoms with van der Waals surface area (Å²) in [6, 6.07) is 9.72. The topological polar surface area (TPSA) is 42.4 Å². The Labute approximate surface area is 120 Å². The Morgan fingerprint density at radius 2 is 1.95 bits per heavy atom. The van der Waals surface area contributed by atoms with E-state index < -0.39 is 0 Å². The highest BCUT2D eigenvalue weighted by molar-refractivity contribution is 5.43. The summed E-state index contributed by atoms with van der Waals surface area (Å²) in [5.74, 6) is 1.25. The molecule has 0 saturated heterocycles. The molecule has 20 heavy (non-hydrogen) atoms. The minimum absolute atomic E-state index is 0.0183. The highest BCUT2D eigenvalue weighted by Gasteiger charge is 2.20. The van der Waals surface area contributed by atoms with E-state index >= 15 is 0 Å². The fourth-order valence-corrected chi connectivity index (χ4v) is 2.06. The number of pyridine rings is 1. The predicted octanol–water partition coefficient (Wildman–Crippen LogP) is 3.97. The summed E-state index contributed by atoms with van der Waals surface area (Å²) in [6.45, 7) is 8.44. The van der Waals surface area contributed by atoms with Gasteiger partial charge in [0, 0.05) is 17.3 Å². The van der Waals surface area contributed by atoms with Crippen LogP contribution < -0.4 is 4.74 Å². The molecule has 106 valence electrons. The minimum Gasteiger partial charge on any atom is -0.438 e. The lowest BCUT2D eigenvalue weighted by Crippen LogP contribution is -2.13. The maximum absolute atomic E-state index is 9.35. The van der Waals surface area contributed by atoms with Gasteiger partial charge in [0.1, 0.15) is 5.75 Å². The van der Waals surface area contributed by atoms with Crippen molar-refractivity contribution in [3.63, 3.8) is 0 Å². The lowest BCUT2D eigenvalue weighted by molar-refractivity contribution is 0.274. The SMILES string of the molecule is Cc1ccc(Oc2ncccc2CO)c(C(C)(C)C)c1. The molecule has 0 radical (unpaired) electrons. The molecule has 0 unspecified atom stereocenters. The fraction of sp³-hybridized carbons (Fsp3) is 0.353. The Morgan fingerprint density at radius 3 is 2.60 bits per heavy atom. The standard InChI is InChI=1S/C17H21NO2/c1-12-7-8-15(14(10-12)17(2,3)4)20-16-13(11-19)6-5-9-18-16/h5-10,19H,11H2,1-4H3. The summed E-state index contributed by atoms with van der Waals surface area (Å²) in [6.07, 6.45) is 1.67. The minimum atomic E-state index is -0.0834. The number of aromatic nitrogens is 1.